The smallest absolute Gasteiger partial charge is 0.226 e. The van der Waals surface area contributed by atoms with Crippen molar-refractivity contribution in [1.82, 2.24) is 14.7 Å². The lowest BCUT2D eigenvalue weighted by atomic mass is 10.1. The maximum absolute atomic E-state index is 12.8. The number of carbonyl (C=O) groups excluding carboxylic acids is 1. The molecule has 3 aromatic rings. The number of hydrogen-bond acceptors (Lipinski definition) is 6. The van der Waals surface area contributed by atoms with Gasteiger partial charge in [0.15, 0.2) is 0 Å². The molecule has 1 saturated heterocycles. The topological polar surface area (TPSA) is 65.8 Å². The van der Waals surface area contributed by atoms with Crippen LogP contribution in [0.4, 0.5) is 0 Å². The highest BCUT2D eigenvalue weighted by molar-refractivity contribution is 7.99. The van der Waals surface area contributed by atoms with Gasteiger partial charge >= 0.3 is 0 Å². The van der Waals surface area contributed by atoms with Crippen LogP contribution in [0.2, 0.25) is 0 Å². The number of benzene rings is 2. The number of nitrogens with zero attached hydrogens (tertiary/aromatic N) is 3. The second-order valence-corrected chi connectivity index (χ2v) is 8.98. The van der Waals surface area contributed by atoms with Crippen LogP contribution < -0.4 is 14.2 Å². The first-order valence-corrected chi connectivity index (χ1v) is 12.1. The Bertz CT molecular complexity index is 1090. The quantitative estimate of drug-likeness (QED) is 0.486. The number of thioether (sulfide) groups is 1. The molecule has 1 aliphatic rings. The van der Waals surface area contributed by atoms with E-state index in [1.54, 1.807) is 18.9 Å². The molecule has 0 spiro atoms. The van der Waals surface area contributed by atoms with Gasteiger partial charge in [0.05, 0.1) is 25.6 Å². The number of carbonyl (C=O) groups is 1. The van der Waals surface area contributed by atoms with Crippen LogP contribution >= 0.6 is 11.8 Å². The minimum absolute atomic E-state index is 0.180. The summed E-state index contributed by atoms with van der Waals surface area (Å²) in [6, 6.07) is 15.1. The zero-order chi connectivity index (χ0) is 23.2. The van der Waals surface area contributed by atoms with Crippen molar-refractivity contribution < 1.29 is 19.0 Å². The monoisotopic (exact) mass is 467 g/mol. The predicted molar refractivity (Wildman–Crippen MR) is 130 cm³/mol. The van der Waals surface area contributed by atoms with Crippen molar-refractivity contribution >= 4 is 17.7 Å². The molecule has 33 heavy (non-hydrogen) atoms. The molecule has 1 aliphatic heterocycles. The summed E-state index contributed by atoms with van der Waals surface area (Å²) in [4.78, 5) is 14.8. The van der Waals surface area contributed by atoms with Gasteiger partial charge in [-0.2, -0.15) is 16.9 Å². The van der Waals surface area contributed by atoms with Gasteiger partial charge in [-0.15, -0.1) is 0 Å². The maximum atomic E-state index is 12.8. The Balaban J connectivity index is 1.65. The van der Waals surface area contributed by atoms with E-state index in [1.807, 2.05) is 72.1 Å². The molecule has 0 unspecified atom stereocenters. The molecule has 0 atom stereocenters. The fourth-order valence-electron chi connectivity index (χ4n) is 3.81. The van der Waals surface area contributed by atoms with Crippen molar-refractivity contribution in [2.24, 2.45) is 0 Å². The highest BCUT2D eigenvalue weighted by atomic mass is 32.2. The first-order valence-electron chi connectivity index (χ1n) is 11.0. The summed E-state index contributed by atoms with van der Waals surface area (Å²) in [5.74, 6) is 4.91. The van der Waals surface area contributed by atoms with Crippen LogP contribution in [0, 0.1) is 6.92 Å². The molecule has 0 aliphatic carbocycles. The molecular weight excluding hydrogens is 438 g/mol. The third-order valence-electron chi connectivity index (χ3n) is 5.66. The van der Waals surface area contributed by atoms with Crippen LogP contribution in [-0.2, 0) is 11.2 Å². The number of ether oxygens (including phenoxy) is 3. The highest BCUT2D eigenvalue weighted by Crippen LogP contribution is 2.33. The van der Waals surface area contributed by atoms with Gasteiger partial charge in [-0.3, -0.25) is 4.79 Å². The average Bonchev–Trinajstić information content (AvgIpc) is 3.17. The lowest BCUT2D eigenvalue weighted by Gasteiger charge is -2.26. The minimum atomic E-state index is 0.180. The summed E-state index contributed by atoms with van der Waals surface area (Å²) in [6.45, 7) is 3.59. The Morgan fingerprint density at radius 1 is 1.00 bits per heavy atom. The fourth-order valence-corrected chi connectivity index (χ4v) is 4.71. The summed E-state index contributed by atoms with van der Waals surface area (Å²) >= 11 is 1.90. The molecule has 1 aromatic heterocycles. The number of amides is 1. The lowest BCUT2D eigenvalue weighted by molar-refractivity contribution is -0.130. The number of hydrogen-bond donors (Lipinski definition) is 0. The van der Waals surface area contributed by atoms with Crippen LogP contribution in [-0.4, -0.2) is 59.4 Å². The lowest BCUT2D eigenvalue weighted by Crippen LogP contribution is -2.38. The van der Waals surface area contributed by atoms with Crippen molar-refractivity contribution in [2.45, 2.75) is 19.8 Å². The van der Waals surface area contributed by atoms with Crippen LogP contribution in [0.25, 0.3) is 5.69 Å². The van der Waals surface area contributed by atoms with Crippen LogP contribution in [0.3, 0.4) is 0 Å². The molecule has 4 rings (SSSR count). The van der Waals surface area contributed by atoms with E-state index in [4.69, 9.17) is 19.3 Å². The number of rotatable bonds is 8. The molecule has 0 radical (unpaired) electrons. The predicted octanol–water partition coefficient (Wildman–Crippen LogP) is 4.50. The number of aromatic nitrogens is 2. The summed E-state index contributed by atoms with van der Waals surface area (Å²) in [5, 5.41) is 4.76. The third kappa shape index (κ3) is 5.45. The van der Waals surface area contributed by atoms with Crippen molar-refractivity contribution in [3.8, 4) is 28.8 Å². The number of aryl methyl sites for hydroxylation is 1. The summed E-state index contributed by atoms with van der Waals surface area (Å²) in [5.41, 5.74) is 2.61. The van der Waals surface area contributed by atoms with Crippen molar-refractivity contribution in [3.05, 3.63) is 59.8 Å². The van der Waals surface area contributed by atoms with Crippen LogP contribution in [0.15, 0.2) is 48.5 Å². The SMILES string of the molecule is COc1ccc(-n2nc(C)c(CCC(=O)N3CCSCC3)c2Oc2cccc(OC)c2)cc1. The van der Waals surface area contributed by atoms with E-state index < -0.39 is 0 Å². The van der Waals surface area contributed by atoms with Gasteiger partial charge in [-0.05, 0) is 49.7 Å². The van der Waals surface area contributed by atoms with Crippen LogP contribution in [0.1, 0.15) is 17.7 Å². The summed E-state index contributed by atoms with van der Waals surface area (Å²) in [7, 11) is 3.27. The van der Waals surface area contributed by atoms with Gasteiger partial charge in [-0.1, -0.05) is 6.07 Å². The van der Waals surface area contributed by atoms with E-state index in [0.717, 1.165) is 47.3 Å². The first kappa shape index (κ1) is 23.0. The number of methoxy groups -OCH3 is 2. The van der Waals surface area contributed by atoms with E-state index >= 15 is 0 Å². The molecule has 1 amide bonds. The van der Waals surface area contributed by atoms with E-state index in [9.17, 15) is 4.79 Å². The largest absolute Gasteiger partial charge is 0.497 e. The second-order valence-electron chi connectivity index (χ2n) is 7.75. The molecule has 2 heterocycles. The first-order chi connectivity index (χ1) is 16.1. The van der Waals surface area contributed by atoms with E-state index in [-0.39, 0.29) is 5.91 Å². The van der Waals surface area contributed by atoms with E-state index in [1.165, 1.54) is 0 Å². The zero-order valence-electron chi connectivity index (χ0n) is 19.2. The molecule has 0 saturated carbocycles. The zero-order valence-corrected chi connectivity index (χ0v) is 20.1. The average molecular weight is 468 g/mol. The second kappa shape index (κ2) is 10.7. The molecule has 2 aromatic carbocycles. The Labute approximate surface area is 198 Å². The van der Waals surface area contributed by atoms with E-state index in [2.05, 4.69) is 0 Å². The fraction of sp³-hybridized carbons (Fsp3) is 0.360. The Kier molecular flexibility index (Phi) is 7.44. The van der Waals surface area contributed by atoms with Crippen molar-refractivity contribution in [1.29, 1.82) is 0 Å². The Morgan fingerprint density at radius 2 is 1.70 bits per heavy atom. The molecule has 0 bridgehead atoms. The Hall–Kier alpha value is -3.13. The maximum Gasteiger partial charge on any atom is 0.226 e. The van der Waals surface area contributed by atoms with Crippen molar-refractivity contribution in [3.63, 3.8) is 0 Å². The van der Waals surface area contributed by atoms with Gasteiger partial charge in [0.25, 0.3) is 0 Å². The van der Waals surface area contributed by atoms with Gasteiger partial charge in [0, 0.05) is 42.6 Å². The van der Waals surface area contributed by atoms with E-state index in [0.29, 0.717) is 30.2 Å². The van der Waals surface area contributed by atoms with Gasteiger partial charge in [0.2, 0.25) is 11.8 Å². The van der Waals surface area contributed by atoms with Gasteiger partial charge < -0.3 is 19.1 Å². The highest BCUT2D eigenvalue weighted by Gasteiger charge is 2.22. The minimum Gasteiger partial charge on any atom is -0.497 e. The molecule has 0 N–H and O–H groups in total. The van der Waals surface area contributed by atoms with Gasteiger partial charge in [0.1, 0.15) is 17.2 Å². The normalized spacial score (nSPS) is 13.6. The Morgan fingerprint density at radius 3 is 2.39 bits per heavy atom. The molecule has 7 nitrogen and oxygen atoms in total. The standard InChI is InChI=1S/C25H29N3O4S/c1-18-23(11-12-24(29)27-13-15-33-16-14-27)25(32-22-6-4-5-21(17-22)31-3)28(26-18)19-7-9-20(30-2)10-8-19/h4-10,17H,11-16H2,1-3H3. The van der Waals surface area contributed by atoms with Crippen LogP contribution in [0.5, 0.6) is 23.1 Å². The summed E-state index contributed by atoms with van der Waals surface area (Å²) in [6.07, 6.45) is 0.984. The summed E-state index contributed by atoms with van der Waals surface area (Å²) < 4.78 is 18.8. The third-order valence-corrected chi connectivity index (χ3v) is 6.61. The molecule has 174 valence electrons. The molecular formula is C25H29N3O4S. The molecule has 8 heteroatoms. The van der Waals surface area contributed by atoms with Gasteiger partial charge in [-0.25, -0.2) is 4.68 Å². The van der Waals surface area contributed by atoms with Crippen molar-refractivity contribution in [2.75, 3.05) is 38.8 Å². The molecule has 1 fully saturated rings.